The van der Waals surface area contributed by atoms with Crippen LogP contribution in [0.15, 0.2) is 62.1 Å². The molecule has 0 saturated heterocycles. The molecule has 1 amide bonds. The van der Waals surface area contributed by atoms with E-state index in [1.54, 1.807) is 25.3 Å². The van der Waals surface area contributed by atoms with Crippen molar-refractivity contribution in [2.45, 2.75) is 32.4 Å². The highest BCUT2D eigenvalue weighted by Gasteiger charge is 2.47. The summed E-state index contributed by atoms with van der Waals surface area (Å²) in [6, 6.07) is 7.44. The molecular weight excluding hydrogens is 377 g/mol. The first-order valence-corrected chi connectivity index (χ1v) is 9.11. The molecule has 0 aliphatic carbocycles. The maximum atomic E-state index is 14.7. The lowest BCUT2D eigenvalue weighted by Gasteiger charge is -2.27. The van der Waals surface area contributed by atoms with Gasteiger partial charge in [-0.1, -0.05) is 18.2 Å². The molecule has 0 radical (unpaired) electrons. The Morgan fingerprint density at radius 1 is 1.28 bits per heavy atom. The number of carbonyl (C=O) groups excluding carboxylic acids is 2. The summed E-state index contributed by atoms with van der Waals surface area (Å²) in [5, 5.41) is 10.6. The highest BCUT2D eigenvalue weighted by Crippen LogP contribution is 2.40. The van der Waals surface area contributed by atoms with E-state index in [2.05, 4.69) is 9.98 Å². The highest BCUT2D eigenvalue weighted by atomic mass is 19.1. The average molecular weight is 395 g/mol. The lowest BCUT2D eigenvalue weighted by atomic mass is 9.95. The average Bonchev–Trinajstić information content (AvgIpc) is 3.24. The molecule has 2 unspecified atom stereocenters. The standard InChI is InChI=1S/C21H18FN3O4/c1-11-9-10-23-21(24-11)25-17(13-5-3-4-6-14(13)22)16(19(27)20(25)28)18(26)15-8-7-12(2)29-15/h3-8,10-11,17,27H,9H2,1-2H3. The van der Waals surface area contributed by atoms with Crippen molar-refractivity contribution in [2.75, 3.05) is 0 Å². The van der Waals surface area contributed by atoms with E-state index in [9.17, 15) is 19.1 Å². The third-order valence-corrected chi connectivity index (χ3v) is 4.82. The van der Waals surface area contributed by atoms with Crippen molar-refractivity contribution in [2.24, 2.45) is 9.98 Å². The van der Waals surface area contributed by atoms with E-state index < -0.39 is 29.3 Å². The number of furan rings is 1. The van der Waals surface area contributed by atoms with Crippen molar-refractivity contribution < 1.29 is 23.5 Å². The molecule has 1 aromatic carbocycles. The predicted molar refractivity (Wildman–Crippen MR) is 103 cm³/mol. The van der Waals surface area contributed by atoms with Crippen LogP contribution in [0.4, 0.5) is 4.39 Å². The molecule has 4 rings (SSSR count). The zero-order valence-corrected chi connectivity index (χ0v) is 15.8. The van der Waals surface area contributed by atoms with Crippen LogP contribution in [0.2, 0.25) is 0 Å². The van der Waals surface area contributed by atoms with E-state index in [1.165, 1.54) is 24.3 Å². The number of aliphatic imine (C=N–C) groups is 2. The molecule has 2 aromatic rings. The Kier molecular flexibility index (Phi) is 4.62. The Bertz CT molecular complexity index is 1100. The molecular formula is C21H18FN3O4. The van der Waals surface area contributed by atoms with Crippen LogP contribution in [0.25, 0.3) is 0 Å². The molecule has 148 valence electrons. The van der Waals surface area contributed by atoms with Crippen molar-refractivity contribution in [3.05, 3.63) is 70.6 Å². The number of hydrogen-bond acceptors (Lipinski definition) is 6. The molecule has 0 fully saturated rings. The van der Waals surface area contributed by atoms with Gasteiger partial charge in [0.2, 0.25) is 11.7 Å². The van der Waals surface area contributed by atoms with E-state index in [-0.39, 0.29) is 28.9 Å². The second-order valence-electron chi connectivity index (χ2n) is 6.93. The number of amides is 1. The Morgan fingerprint density at radius 3 is 2.69 bits per heavy atom. The normalized spacial score (nSPS) is 21.7. The molecule has 3 heterocycles. The van der Waals surface area contributed by atoms with Gasteiger partial charge in [0, 0.05) is 18.2 Å². The molecule has 0 bridgehead atoms. The molecule has 2 aliphatic rings. The van der Waals surface area contributed by atoms with E-state index in [0.29, 0.717) is 12.2 Å². The molecule has 7 nitrogen and oxygen atoms in total. The van der Waals surface area contributed by atoms with Crippen LogP contribution in [0.5, 0.6) is 0 Å². The SMILES string of the molecule is Cc1ccc(C(=O)C2=C(O)C(=O)N(C3=NC(C)CC=N3)C2c2ccccc2F)o1. The fourth-order valence-electron chi connectivity index (χ4n) is 3.42. The Morgan fingerprint density at radius 2 is 2.03 bits per heavy atom. The van der Waals surface area contributed by atoms with Crippen molar-refractivity contribution >= 4 is 23.9 Å². The van der Waals surface area contributed by atoms with E-state index >= 15 is 0 Å². The lowest BCUT2D eigenvalue weighted by molar-refractivity contribution is -0.125. The van der Waals surface area contributed by atoms with Crippen LogP contribution in [0, 0.1) is 12.7 Å². The van der Waals surface area contributed by atoms with Crippen LogP contribution < -0.4 is 0 Å². The summed E-state index contributed by atoms with van der Waals surface area (Å²) in [5.41, 5.74) is -0.224. The van der Waals surface area contributed by atoms with Crippen molar-refractivity contribution in [3.8, 4) is 0 Å². The lowest BCUT2D eigenvalue weighted by Crippen LogP contribution is -2.38. The summed E-state index contributed by atoms with van der Waals surface area (Å²) in [7, 11) is 0. The molecule has 0 saturated carbocycles. The third-order valence-electron chi connectivity index (χ3n) is 4.82. The molecule has 8 heteroatoms. The van der Waals surface area contributed by atoms with Crippen LogP contribution in [-0.2, 0) is 4.79 Å². The Balaban J connectivity index is 1.88. The summed E-state index contributed by atoms with van der Waals surface area (Å²) in [5.74, 6) is -2.50. The second kappa shape index (κ2) is 7.12. The van der Waals surface area contributed by atoms with Gasteiger partial charge in [-0.25, -0.2) is 14.4 Å². The number of benzene rings is 1. The van der Waals surface area contributed by atoms with Crippen LogP contribution >= 0.6 is 0 Å². The maximum absolute atomic E-state index is 14.7. The summed E-state index contributed by atoms with van der Waals surface area (Å²) in [6.07, 6.45) is 2.19. The fourth-order valence-corrected chi connectivity index (χ4v) is 3.42. The topological polar surface area (TPSA) is 95.5 Å². The largest absolute Gasteiger partial charge is 0.503 e. The Labute approximate surface area is 165 Å². The molecule has 29 heavy (non-hydrogen) atoms. The summed E-state index contributed by atoms with van der Waals surface area (Å²) < 4.78 is 20.1. The zero-order valence-electron chi connectivity index (χ0n) is 15.8. The zero-order chi connectivity index (χ0) is 20.7. The van der Waals surface area contributed by atoms with Crippen LogP contribution in [-0.4, -0.2) is 39.9 Å². The van der Waals surface area contributed by atoms with Gasteiger partial charge in [0.25, 0.3) is 5.91 Å². The minimum Gasteiger partial charge on any atom is -0.503 e. The van der Waals surface area contributed by atoms with Gasteiger partial charge < -0.3 is 9.52 Å². The van der Waals surface area contributed by atoms with E-state index in [0.717, 1.165) is 4.90 Å². The first kappa shape index (κ1) is 18.8. The predicted octanol–water partition coefficient (Wildman–Crippen LogP) is 3.52. The smallest absolute Gasteiger partial charge is 0.296 e. The third kappa shape index (κ3) is 3.16. The van der Waals surface area contributed by atoms with Crippen molar-refractivity contribution in [3.63, 3.8) is 0 Å². The number of guanidine groups is 1. The number of aliphatic hydroxyl groups excluding tert-OH is 1. The van der Waals surface area contributed by atoms with E-state index in [1.807, 2.05) is 6.92 Å². The minimum atomic E-state index is -1.22. The number of hydrogen-bond donors (Lipinski definition) is 1. The van der Waals surface area contributed by atoms with Gasteiger partial charge in [0.1, 0.15) is 17.6 Å². The van der Waals surface area contributed by atoms with Gasteiger partial charge in [-0.05, 0) is 32.0 Å². The summed E-state index contributed by atoms with van der Waals surface area (Å²) >= 11 is 0. The molecule has 1 N–H and O–H groups in total. The van der Waals surface area contributed by atoms with Crippen LogP contribution in [0.3, 0.4) is 0 Å². The monoisotopic (exact) mass is 395 g/mol. The number of carbonyl (C=O) groups is 2. The van der Waals surface area contributed by atoms with Gasteiger partial charge in [-0.15, -0.1) is 0 Å². The summed E-state index contributed by atoms with van der Waals surface area (Å²) in [4.78, 5) is 35.6. The van der Waals surface area contributed by atoms with E-state index in [4.69, 9.17) is 4.42 Å². The fraction of sp³-hybridized carbons (Fsp3) is 0.238. The molecule has 0 spiro atoms. The number of ketones is 1. The Hall–Kier alpha value is -3.55. The molecule has 2 atom stereocenters. The first-order chi connectivity index (χ1) is 13.9. The molecule has 1 aromatic heterocycles. The number of halogens is 1. The van der Waals surface area contributed by atoms with Gasteiger partial charge in [0.15, 0.2) is 11.5 Å². The summed E-state index contributed by atoms with van der Waals surface area (Å²) in [6.45, 7) is 3.51. The van der Waals surface area contributed by atoms with Gasteiger partial charge in [0.05, 0.1) is 11.6 Å². The highest BCUT2D eigenvalue weighted by molar-refractivity contribution is 6.19. The van der Waals surface area contributed by atoms with Gasteiger partial charge >= 0.3 is 0 Å². The number of nitrogens with zero attached hydrogens (tertiary/aromatic N) is 3. The van der Waals surface area contributed by atoms with Gasteiger partial charge in [-0.2, -0.15) is 0 Å². The molecule has 2 aliphatic heterocycles. The number of aliphatic hydroxyl groups is 1. The first-order valence-electron chi connectivity index (χ1n) is 9.11. The van der Waals surface area contributed by atoms with Crippen LogP contribution in [0.1, 0.15) is 41.3 Å². The van der Waals surface area contributed by atoms with Crippen molar-refractivity contribution in [1.82, 2.24) is 4.90 Å². The maximum Gasteiger partial charge on any atom is 0.296 e. The van der Waals surface area contributed by atoms with Crippen molar-refractivity contribution in [1.29, 1.82) is 0 Å². The minimum absolute atomic E-state index is 0.0204. The quantitative estimate of drug-likeness (QED) is 0.805. The number of Topliss-reactive ketones (excluding diaryl/α,β-unsaturated/α-hetero) is 1. The van der Waals surface area contributed by atoms with Gasteiger partial charge in [-0.3, -0.25) is 14.5 Å². The number of aryl methyl sites for hydroxylation is 1. The second-order valence-corrected chi connectivity index (χ2v) is 6.93. The number of rotatable bonds is 3.